The fraction of sp³-hybridized carbons (Fsp3) is 0.467. The molecule has 20 heavy (non-hydrogen) atoms. The molecule has 0 aliphatic heterocycles. The SMILES string of the molecule is C#CCCCOc1ccc(CC(C)N)cc1C(F)(F)F. The Balaban J connectivity index is 2.90. The van der Waals surface area contributed by atoms with Crippen LogP contribution >= 0.6 is 0 Å². The lowest BCUT2D eigenvalue weighted by molar-refractivity contribution is -0.139. The summed E-state index contributed by atoms with van der Waals surface area (Å²) in [5, 5.41) is 0. The molecule has 0 spiro atoms. The minimum absolute atomic E-state index is 0.164. The maximum atomic E-state index is 13.0. The van der Waals surface area contributed by atoms with E-state index in [9.17, 15) is 13.2 Å². The molecule has 1 atom stereocenters. The third kappa shape index (κ3) is 5.14. The van der Waals surface area contributed by atoms with Crippen LogP contribution in [0.2, 0.25) is 0 Å². The Kier molecular flexibility index (Phi) is 5.90. The van der Waals surface area contributed by atoms with Gasteiger partial charge in [0.2, 0.25) is 0 Å². The Morgan fingerprint density at radius 3 is 2.65 bits per heavy atom. The zero-order chi connectivity index (χ0) is 15.2. The smallest absolute Gasteiger partial charge is 0.419 e. The largest absolute Gasteiger partial charge is 0.493 e. The average molecular weight is 285 g/mol. The van der Waals surface area contributed by atoms with Crippen molar-refractivity contribution < 1.29 is 17.9 Å². The molecule has 2 nitrogen and oxygen atoms in total. The number of ether oxygens (including phenoxy) is 1. The molecule has 0 aliphatic carbocycles. The van der Waals surface area contributed by atoms with E-state index in [0.29, 0.717) is 24.8 Å². The van der Waals surface area contributed by atoms with Gasteiger partial charge < -0.3 is 10.5 Å². The lowest BCUT2D eigenvalue weighted by Gasteiger charge is -2.16. The molecule has 1 aromatic carbocycles. The van der Waals surface area contributed by atoms with Gasteiger partial charge in [0, 0.05) is 12.5 Å². The number of terminal acetylenes is 1. The summed E-state index contributed by atoms with van der Waals surface area (Å²) in [6.07, 6.45) is 2.02. The normalized spacial score (nSPS) is 12.8. The Morgan fingerprint density at radius 2 is 2.10 bits per heavy atom. The summed E-state index contributed by atoms with van der Waals surface area (Å²) in [5.41, 5.74) is 5.38. The first-order chi connectivity index (χ1) is 9.34. The standard InChI is InChI=1S/C15H18F3NO/c1-3-4-5-8-20-14-7-6-12(9-11(2)19)10-13(14)15(16,17)18/h1,6-7,10-11H,4-5,8-9,19H2,2H3. The van der Waals surface area contributed by atoms with Crippen molar-refractivity contribution in [2.24, 2.45) is 5.73 Å². The monoisotopic (exact) mass is 285 g/mol. The van der Waals surface area contributed by atoms with E-state index in [0.717, 1.165) is 6.07 Å². The first kappa shape index (κ1) is 16.4. The van der Waals surface area contributed by atoms with Crippen LogP contribution in [0.5, 0.6) is 5.75 Å². The van der Waals surface area contributed by atoms with E-state index >= 15 is 0 Å². The highest BCUT2D eigenvalue weighted by Crippen LogP contribution is 2.37. The van der Waals surface area contributed by atoms with Crippen molar-refractivity contribution in [3.8, 4) is 18.1 Å². The van der Waals surface area contributed by atoms with Gasteiger partial charge in [-0.15, -0.1) is 12.3 Å². The van der Waals surface area contributed by atoms with E-state index in [1.807, 2.05) is 0 Å². The van der Waals surface area contributed by atoms with Crippen LogP contribution in [0.15, 0.2) is 18.2 Å². The number of unbranched alkanes of at least 4 members (excludes halogenated alkanes) is 1. The second-order valence-electron chi connectivity index (χ2n) is 4.67. The third-order valence-electron chi connectivity index (χ3n) is 2.63. The van der Waals surface area contributed by atoms with Crippen molar-refractivity contribution in [1.29, 1.82) is 0 Å². The lowest BCUT2D eigenvalue weighted by atomic mass is 10.0. The molecule has 0 heterocycles. The zero-order valence-corrected chi connectivity index (χ0v) is 11.3. The van der Waals surface area contributed by atoms with E-state index in [2.05, 4.69) is 5.92 Å². The molecule has 0 aliphatic rings. The minimum Gasteiger partial charge on any atom is -0.493 e. The van der Waals surface area contributed by atoms with Crippen molar-refractivity contribution in [2.75, 3.05) is 6.61 Å². The number of rotatable bonds is 6. The molecule has 0 fully saturated rings. The maximum Gasteiger partial charge on any atom is 0.419 e. The number of hydrogen-bond donors (Lipinski definition) is 1. The summed E-state index contributed by atoms with van der Waals surface area (Å²) in [6.45, 7) is 1.91. The highest BCUT2D eigenvalue weighted by atomic mass is 19.4. The van der Waals surface area contributed by atoms with Gasteiger partial charge in [-0.25, -0.2) is 0 Å². The molecule has 1 aromatic rings. The molecular weight excluding hydrogens is 267 g/mol. The number of nitrogens with two attached hydrogens (primary N) is 1. The fourth-order valence-electron chi connectivity index (χ4n) is 1.78. The molecule has 0 aromatic heterocycles. The van der Waals surface area contributed by atoms with Crippen LogP contribution in [0.25, 0.3) is 0 Å². The molecule has 2 N–H and O–H groups in total. The van der Waals surface area contributed by atoms with Crippen LogP contribution in [0.1, 0.15) is 30.9 Å². The lowest BCUT2D eigenvalue weighted by Crippen LogP contribution is -2.18. The second-order valence-corrected chi connectivity index (χ2v) is 4.67. The Labute approximate surface area is 117 Å². The molecule has 5 heteroatoms. The highest BCUT2D eigenvalue weighted by molar-refractivity contribution is 5.39. The molecule has 1 unspecified atom stereocenters. The minimum atomic E-state index is -4.45. The van der Waals surface area contributed by atoms with Gasteiger partial charge in [-0.1, -0.05) is 6.07 Å². The van der Waals surface area contributed by atoms with Gasteiger partial charge in [0.1, 0.15) is 5.75 Å². The zero-order valence-electron chi connectivity index (χ0n) is 11.3. The van der Waals surface area contributed by atoms with Crippen LogP contribution < -0.4 is 10.5 Å². The Bertz CT molecular complexity index is 475. The molecule has 0 saturated carbocycles. The van der Waals surface area contributed by atoms with Crippen LogP contribution in [-0.2, 0) is 12.6 Å². The van der Waals surface area contributed by atoms with Crippen LogP contribution in [0.3, 0.4) is 0 Å². The van der Waals surface area contributed by atoms with Crippen molar-refractivity contribution in [2.45, 2.75) is 38.4 Å². The quantitative estimate of drug-likeness (QED) is 0.642. The van der Waals surface area contributed by atoms with E-state index in [4.69, 9.17) is 16.9 Å². The summed E-state index contributed by atoms with van der Waals surface area (Å²) >= 11 is 0. The van der Waals surface area contributed by atoms with Crippen molar-refractivity contribution in [1.82, 2.24) is 0 Å². The second kappa shape index (κ2) is 7.20. The van der Waals surface area contributed by atoms with Crippen LogP contribution in [0.4, 0.5) is 13.2 Å². The van der Waals surface area contributed by atoms with Gasteiger partial charge >= 0.3 is 6.18 Å². The first-order valence-corrected chi connectivity index (χ1v) is 6.36. The van der Waals surface area contributed by atoms with E-state index in [1.54, 1.807) is 13.0 Å². The predicted octanol–water partition coefficient (Wildman–Crippen LogP) is 3.39. The van der Waals surface area contributed by atoms with Crippen molar-refractivity contribution >= 4 is 0 Å². The van der Waals surface area contributed by atoms with Gasteiger partial charge in [0.25, 0.3) is 0 Å². The molecule has 0 saturated heterocycles. The summed E-state index contributed by atoms with van der Waals surface area (Å²) in [7, 11) is 0. The molecule has 0 amide bonds. The summed E-state index contributed by atoms with van der Waals surface area (Å²) in [4.78, 5) is 0. The van der Waals surface area contributed by atoms with Crippen molar-refractivity contribution in [3.05, 3.63) is 29.3 Å². The molecule has 110 valence electrons. The van der Waals surface area contributed by atoms with Gasteiger partial charge in [-0.2, -0.15) is 13.2 Å². The van der Waals surface area contributed by atoms with Crippen LogP contribution in [0, 0.1) is 12.3 Å². The highest BCUT2D eigenvalue weighted by Gasteiger charge is 2.34. The number of benzene rings is 1. The van der Waals surface area contributed by atoms with Crippen LogP contribution in [-0.4, -0.2) is 12.6 Å². The van der Waals surface area contributed by atoms with E-state index in [-0.39, 0.29) is 18.4 Å². The number of alkyl halides is 3. The third-order valence-corrected chi connectivity index (χ3v) is 2.63. The molecular formula is C15H18F3NO. The summed E-state index contributed by atoms with van der Waals surface area (Å²) in [6, 6.07) is 3.85. The number of hydrogen-bond acceptors (Lipinski definition) is 2. The number of halogens is 3. The van der Waals surface area contributed by atoms with E-state index in [1.165, 1.54) is 6.07 Å². The predicted molar refractivity (Wildman–Crippen MR) is 72.4 cm³/mol. The summed E-state index contributed by atoms with van der Waals surface area (Å²) in [5.74, 6) is 2.25. The van der Waals surface area contributed by atoms with E-state index < -0.39 is 11.7 Å². The Morgan fingerprint density at radius 1 is 1.40 bits per heavy atom. The van der Waals surface area contributed by atoms with Gasteiger partial charge in [-0.05, 0) is 37.5 Å². The van der Waals surface area contributed by atoms with Gasteiger partial charge in [0.05, 0.1) is 12.2 Å². The first-order valence-electron chi connectivity index (χ1n) is 6.36. The molecule has 0 radical (unpaired) electrons. The Hall–Kier alpha value is -1.67. The fourth-order valence-corrected chi connectivity index (χ4v) is 1.78. The average Bonchev–Trinajstić information content (AvgIpc) is 2.34. The van der Waals surface area contributed by atoms with Gasteiger partial charge in [0.15, 0.2) is 0 Å². The topological polar surface area (TPSA) is 35.2 Å². The molecule has 0 bridgehead atoms. The molecule has 1 rings (SSSR count). The summed E-state index contributed by atoms with van der Waals surface area (Å²) < 4.78 is 44.2. The maximum absolute atomic E-state index is 13.0. The van der Waals surface area contributed by atoms with Crippen molar-refractivity contribution in [3.63, 3.8) is 0 Å². The van der Waals surface area contributed by atoms with Gasteiger partial charge in [-0.3, -0.25) is 0 Å².